The second-order valence-corrected chi connectivity index (χ2v) is 21.7. The fraction of sp³-hybridized carbons (Fsp3) is 0.0164. The quantitative estimate of drug-likeness (QED) is 0.00350. The van der Waals surface area contributed by atoms with Gasteiger partial charge in [0, 0.05) is 61.2 Å². The first kappa shape index (κ1) is 73.3. The van der Waals surface area contributed by atoms with Crippen molar-refractivity contribution in [3.8, 4) is 28.7 Å². The first-order chi connectivity index (χ1) is 44.9. The SMILES string of the molecule is O=C(O)c1ccccc1N=NC(=NNc1cc(SOO[O-])ccc1O)c1ccccc1.O=S(=O)(O)c1cc(O)c(N=Nc2c(O)c(COO)cc3ccccc23)c2ccccc12.O=[N+]([O-])c1ccc2c(N=Nc3ccc4ccccc4c3[O-])c(O)cc(SOOO)c2c1.[Na+].[Na+]. The van der Waals surface area contributed by atoms with Crippen LogP contribution in [-0.2, 0) is 40.4 Å². The van der Waals surface area contributed by atoms with Crippen LogP contribution in [0.25, 0.3) is 43.1 Å². The van der Waals surface area contributed by atoms with Crippen molar-refractivity contribution >= 4 is 129 Å². The van der Waals surface area contributed by atoms with Gasteiger partial charge in [0.1, 0.15) is 57.2 Å². The molecule has 0 aliphatic heterocycles. The summed E-state index contributed by atoms with van der Waals surface area (Å²) in [6.45, 7) is -0.281. The van der Waals surface area contributed by atoms with E-state index in [-0.39, 0.29) is 161 Å². The van der Waals surface area contributed by atoms with Gasteiger partial charge in [-0.2, -0.15) is 23.0 Å². The molecule has 0 radical (unpaired) electrons. The molecular weight excluding hydrogens is 1320 g/mol. The number of fused-ring (bicyclic) bond motifs is 4. The number of rotatable bonds is 19. The topological polar surface area (TPSA) is 447 Å². The van der Waals surface area contributed by atoms with Crippen molar-refractivity contribution in [1.82, 2.24) is 0 Å². The number of nitrogens with one attached hydrogen (secondary N) is 1. The number of phenolic OH excluding ortho intramolecular Hbond substituents is 4. The van der Waals surface area contributed by atoms with Gasteiger partial charge in [0.25, 0.3) is 15.8 Å². The largest absolute Gasteiger partial charge is 1.00 e. The second-order valence-electron chi connectivity index (χ2n) is 18.8. The minimum atomic E-state index is -4.59. The fourth-order valence-corrected chi connectivity index (χ4v) is 10.5. The molecule has 29 nitrogen and oxygen atoms in total. The number of nitro groups is 1. The normalized spacial score (nSPS) is 11.5. The fourth-order valence-electron chi connectivity index (χ4n) is 8.89. The van der Waals surface area contributed by atoms with Crippen molar-refractivity contribution in [3.63, 3.8) is 0 Å². The number of carboxylic acid groups (broad SMARTS) is 1. The predicted molar refractivity (Wildman–Crippen MR) is 334 cm³/mol. The Bertz CT molecular complexity index is 4870. The molecule has 11 aromatic carbocycles. The van der Waals surface area contributed by atoms with Crippen LogP contribution in [0.5, 0.6) is 28.7 Å². The molecule has 0 aromatic heterocycles. The van der Waals surface area contributed by atoms with Gasteiger partial charge in [-0.3, -0.25) is 30.4 Å². The van der Waals surface area contributed by atoms with Crippen LogP contribution >= 0.6 is 24.1 Å². The third-order valence-corrected chi connectivity index (χ3v) is 15.2. The predicted octanol–water partition coefficient (Wildman–Crippen LogP) is 8.47. The number of non-ortho nitro benzene ring substituents is 1. The first-order valence-electron chi connectivity index (χ1n) is 26.3. The minimum absolute atomic E-state index is 0. The third kappa shape index (κ3) is 18.2. The summed E-state index contributed by atoms with van der Waals surface area (Å²) in [6, 6.07) is 50.5. The molecule has 0 aliphatic rings. The molecule has 11 rings (SSSR count). The Morgan fingerprint density at radius 1 is 0.589 bits per heavy atom. The average molecular weight is 1360 g/mol. The van der Waals surface area contributed by atoms with E-state index >= 15 is 0 Å². The van der Waals surface area contributed by atoms with Crippen LogP contribution in [-0.4, -0.2) is 65.7 Å². The van der Waals surface area contributed by atoms with Crippen LogP contribution in [0.2, 0.25) is 0 Å². The Labute approximate surface area is 588 Å². The summed E-state index contributed by atoms with van der Waals surface area (Å²) in [5, 5.41) is 141. The van der Waals surface area contributed by atoms with E-state index in [4.69, 9.17) is 10.5 Å². The number of aromatic hydroxyl groups is 4. The zero-order chi connectivity index (χ0) is 66.2. The number of carboxylic acids is 1. The number of hydrogen-bond donors (Lipinski definition) is 9. The summed E-state index contributed by atoms with van der Waals surface area (Å²) >= 11 is 1.19. The minimum Gasteiger partial charge on any atom is -0.871 e. The number of carbonyl (C=O) groups is 1. The maximum Gasteiger partial charge on any atom is 1.00 e. The Morgan fingerprint density at radius 3 is 1.89 bits per heavy atom. The first-order valence-corrected chi connectivity index (χ1v) is 29.2. The molecule has 95 heavy (non-hydrogen) atoms. The number of aromatic carboxylic acids is 1. The Balaban J connectivity index is 0.000000199. The monoisotopic (exact) mass is 1360 g/mol. The molecule has 9 N–H and O–H groups in total. The zero-order valence-corrected chi connectivity index (χ0v) is 55.4. The van der Waals surface area contributed by atoms with Crippen molar-refractivity contribution in [3.05, 3.63) is 221 Å². The number of hydrogen-bond acceptors (Lipinski definition) is 27. The number of phenols is 4. The summed E-state index contributed by atoms with van der Waals surface area (Å²) in [5.41, 5.74) is 3.81. The molecule has 0 unspecified atom stereocenters. The van der Waals surface area contributed by atoms with Gasteiger partial charge >= 0.3 is 65.1 Å². The third-order valence-electron chi connectivity index (χ3n) is 13.1. The van der Waals surface area contributed by atoms with Crippen molar-refractivity contribution in [2.24, 2.45) is 35.8 Å². The molecule has 0 saturated heterocycles. The Morgan fingerprint density at radius 2 is 1.21 bits per heavy atom. The summed E-state index contributed by atoms with van der Waals surface area (Å²) in [7, 11) is -4.59. The number of nitro benzene ring substituents is 1. The van der Waals surface area contributed by atoms with Gasteiger partial charge in [0.05, 0.1) is 50.8 Å². The van der Waals surface area contributed by atoms with E-state index in [9.17, 15) is 63.8 Å². The van der Waals surface area contributed by atoms with Crippen LogP contribution in [0.15, 0.2) is 245 Å². The van der Waals surface area contributed by atoms with Crippen molar-refractivity contribution < 1.29 is 152 Å². The van der Waals surface area contributed by atoms with Gasteiger partial charge in [0.15, 0.2) is 0 Å². The molecule has 472 valence electrons. The van der Waals surface area contributed by atoms with Crippen LogP contribution in [0.3, 0.4) is 0 Å². The standard InChI is InChI=1S/C21H16N2O7S.C20H16N4O6S.C20H13N3O7S.2Na/c24-17-10-18(31(27,28)29)15-7-3-4-8-16(15)19(17)22-23-20-14-6-2-1-5-12(14)9-13(11-30-26)21(20)25;25-18-11-10-14(31-30-29-28)12-17(18)22-24-19(13-6-2-1-3-7-13)23-21-16-9-5-4-8-15(16)20(26)27;24-17-10-18(31-30-29-28)15-9-12(23(26)27)6-7-14(15)19(17)22-21-16-8-5-11-3-1-2-4-13(11)20(16)25;;/h1-10,24-26H,11H2,(H,27,28,29);1-12,22,25,28H,(H,26,27);1-10,24-25,28H;;/q;;;2*+1/p-2. The van der Waals surface area contributed by atoms with E-state index in [1.807, 2.05) is 12.1 Å². The summed E-state index contributed by atoms with van der Waals surface area (Å²) in [5.74, 6) is -2.53. The maximum atomic E-state index is 12.6. The summed E-state index contributed by atoms with van der Waals surface area (Å²) < 4.78 is 41.6. The Kier molecular flexibility index (Phi) is 26.5. The Hall–Kier alpha value is -9.11. The molecule has 0 aliphatic carbocycles. The number of nitrogens with zero attached hydrogens (tertiary/aromatic N) is 8. The van der Waals surface area contributed by atoms with Gasteiger partial charge in [-0.05, 0) is 70.8 Å². The van der Waals surface area contributed by atoms with E-state index in [1.54, 1.807) is 103 Å². The molecule has 0 atom stereocenters. The van der Waals surface area contributed by atoms with Crippen LogP contribution < -0.4 is 74.9 Å². The second kappa shape index (κ2) is 34.3. The molecular formula is C61H43N9Na2O20S3. The maximum absolute atomic E-state index is 12.6. The molecule has 11 aromatic rings. The van der Waals surface area contributed by atoms with Crippen LogP contribution in [0.1, 0.15) is 21.5 Å². The van der Waals surface area contributed by atoms with Crippen molar-refractivity contribution in [2.75, 3.05) is 5.43 Å². The van der Waals surface area contributed by atoms with E-state index < -0.39 is 31.7 Å². The van der Waals surface area contributed by atoms with Gasteiger partial charge in [0.2, 0.25) is 5.84 Å². The summed E-state index contributed by atoms with van der Waals surface area (Å²) in [6.07, 6.45) is 0. The average Bonchev–Trinajstić information content (AvgIpc) is 0.894. The van der Waals surface area contributed by atoms with Gasteiger partial charge in [-0.1, -0.05) is 132 Å². The van der Waals surface area contributed by atoms with Crippen molar-refractivity contribution in [1.29, 1.82) is 0 Å². The molecule has 34 heteroatoms. The molecule has 0 heterocycles. The number of benzene rings is 11. The van der Waals surface area contributed by atoms with E-state index in [1.165, 1.54) is 72.8 Å². The number of azo groups is 3. The van der Waals surface area contributed by atoms with E-state index in [2.05, 4.69) is 64.8 Å². The molecule has 0 fully saturated rings. The van der Waals surface area contributed by atoms with E-state index in [0.717, 1.165) is 11.5 Å². The zero-order valence-electron chi connectivity index (χ0n) is 49.0. The molecule has 0 spiro atoms. The van der Waals surface area contributed by atoms with E-state index in [0.29, 0.717) is 61.5 Å². The molecule has 0 bridgehead atoms. The molecule has 0 saturated carbocycles. The number of hydrazone groups is 1. The number of anilines is 1. The van der Waals surface area contributed by atoms with Crippen molar-refractivity contribution in [2.45, 2.75) is 21.3 Å². The number of amidine groups is 1. The van der Waals surface area contributed by atoms with Gasteiger partial charge in [-0.25, -0.2) is 14.9 Å². The summed E-state index contributed by atoms with van der Waals surface area (Å²) in [4.78, 5) is 26.3. The van der Waals surface area contributed by atoms with Gasteiger partial charge < -0.3 is 35.9 Å². The smallest absolute Gasteiger partial charge is 0.871 e. The molecule has 0 amide bonds. The van der Waals surface area contributed by atoms with Gasteiger partial charge in [-0.15, -0.1) is 29.9 Å². The van der Waals surface area contributed by atoms with Crippen LogP contribution in [0.4, 0.5) is 39.8 Å². The van der Waals surface area contributed by atoms with Crippen LogP contribution in [0, 0.1) is 10.1 Å².